The van der Waals surface area contributed by atoms with E-state index in [0.29, 0.717) is 0 Å². The fourth-order valence-electron chi connectivity index (χ4n) is 0.850. The molecule has 0 radical (unpaired) electrons. The van der Waals surface area contributed by atoms with E-state index in [-0.39, 0.29) is 23.3 Å². The van der Waals surface area contributed by atoms with Crippen molar-refractivity contribution in [2.45, 2.75) is 5.88 Å². The van der Waals surface area contributed by atoms with Gasteiger partial charge in [0.2, 0.25) is 11.7 Å². The predicted octanol–water partition coefficient (Wildman–Crippen LogP) is 0.767. The zero-order valence-corrected chi connectivity index (χ0v) is 7.71. The van der Waals surface area contributed by atoms with Gasteiger partial charge in [-0.25, -0.2) is 0 Å². The average molecular weight is 232 g/mol. The molecule has 0 unspecified atom stereocenters. The summed E-state index contributed by atoms with van der Waals surface area (Å²) in [6.45, 7) is 0. The van der Waals surface area contributed by atoms with Gasteiger partial charge in [-0.05, 0) is 10.1 Å². The molecule has 2 rings (SSSR count). The van der Waals surface area contributed by atoms with Crippen LogP contribution in [0.1, 0.15) is 5.89 Å². The molecule has 2 aromatic heterocycles. The van der Waals surface area contributed by atoms with E-state index in [9.17, 15) is 10.1 Å². The Labute approximate surface area is 86.1 Å². The van der Waals surface area contributed by atoms with Crippen molar-refractivity contribution in [2.24, 2.45) is 0 Å². The lowest BCUT2D eigenvalue weighted by Gasteiger charge is -1.85. The summed E-state index contributed by atoms with van der Waals surface area (Å²) in [5, 5.41) is 20.3. The van der Waals surface area contributed by atoms with Crippen LogP contribution in [-0.4, -0.2) is 25.4 Å². The average Bonchev–Trinajstić information content (AvgIpc) is 2.85. The number of alkyl halides is 1. The molecule has 0 spiro atoms. The first-order valence-corrected chi connectivity index (χ1v) is 4.11. The molecular formula is C5H2ClN5O4. The van der Waals surface area contributed by atoms with Gasteiger partial charge < -0.3 is 14.6 Å². The molecule has 0 saturated heterocycles. The summed E-state index contributed by atoms with van der Waals surface area (Å²) < 4.78 is 8.86. The van der Waals surface area contributed by atoms with Crippen LogP contribution >= 0.6 is 11.6 Å². The molecule has 0 saturated carbocycles. The number of nitrogens with zero attached hydrogens (tertiary/aromatic N) is 5. The lowest BCUT2D eigenvalue weighted by atomic mass is 10.4. The van der Waals surface area contributed by atoms with E-state index in [1.165, 1.54) is 0 Å². The van der Waals surface area contributed by atoms with Gasteiger partial charge in [0, 0.05) is 0 Å². The minimum atomic E-state index is -0.761. The number of hydrogen-bond donors (Lipinski definition) is 0. The highest BCUT2D eigenvalue weighted by molar-refractivity contribution is 6.16. The number of halogens is 1. The fourth-order valence-corrected chi connectivity index (χ4v) is 0.958. The van der Waals surface area contributed by atoms with Crippen LogP contribution in [0.4, 0.5) is 5.82 Å². The van der Waals surface area contributed by atoms with E-state index in [4.69, 9.17) is 11.6 Å². The first-order valence-electron chi connectivity index (χ1n) is 3.58. The van der Waals surface area contributed by atoms with Crippen molar-refractivity contribution in [1.82, 2.24) is 20.5 Å². The summed E-state index contributed by atoms with van der Waals surface area (Å²) in [6.07, 6.45) is 0. The van der Waals surface area contributed by atoms with Gasteiger partial charge >= 0.3 is 5.82 Å². The van der Waals surface area contributed by atoms with Crippen LogP contribution in [0.3, 0.4) is 0 Å². The van der Waals surface area contributed by atoms with Crippen LogP contribution in [0, 0.1) is 10.1 Å². The van der Waals surface area contributed by atoms with Gasteiger partial charge in [-0.15, -0.1) is 16.2 Å². The molecule has 0 N–H and O–H groups in total. The number of nitro groups is 1. The molecular weight excluding hydrogens is 230 g/mol. The van der Waals surface area contributed by atoms with Crippen LogP contribution in [0.5, 0.6) is 0 Å². The third-order valence-electron chi connectivity index (χ3n) is 1.44. The van der Waals surface area contributed by atoms with E-state index >= 15 is 0 Å². The van der Waals surface area contributed by atoms with Crippen LogP contribution in [0.2, 0.25) is 0 Å². The predicted molar refractivity (Wildman–Crippen MR) is 43.8 cm³/mol. The second-order valence-corrected chi connectivity index (χ2v) is 2.61. The first kappa shape index (κ1) is 9.52. The zero-order valence-electron chi connectivity index (χ0n) is 6.95. The monoisotopic (exact) mass is 231 g/mol. The van der Waals surface area contributed by atoms with E-state index in [2.05, 4.69) is 29.6 Å². The second kappa shape index (κ2) is 3.61. The minimum Gasteiger partial charge on any atom is -0.358 e. The lowest BCUT2D eigenvalue weighted by molar-refractivity contribution is -0.390. The molecule has 0 aromatic carbocycles. The van der Waals surface area contributed by atoms with Gasteiger partial charge in [-0.3, -0.25) is 0 Å². The lowest BCUT2D eigenvalue weighted by Crippen LogP contribution is -1.92. The summed E-state index contributed by atoms with van der Waals surface area (Å²) in [5.74, 6) is -0.522. The Hall–Kier alpha value is -2.03. The third-order valence-corrected chi connectivity index (χ3v) is 1.67. The van der Waals surface area contributed by atoms with Gasteiger partial charge in [0.25, 0.3) is 5.69 Å². The molecule has 0 aliphatic carbocycles. The van der Waals surface area contributed by atoms with Gasteiger partial charge in [-0.2, -0.15) is 4.98 Å². The topological polar surface area (TPSA) is 121 Å². The molecule has 78 valence electrons. The SMILES string of the molecule is O=[N+]([O-])c1nonc1-c1noc(CCl)n1. The molecule has 0 aliphatic heterocycles. The second-order valence-electron chi connectivity index (χ2n) is 2.34. The molecule has 15 heavy (non-hydrogen) atoms. The first-order chi connectivity index (χ1) is 7.22. The van der Waals surface area contributed by atoms with Gasteiger partial charge in [0.15, 0.2) is 5.16 Å². The van der Waals surface area contributed by atoms with E-state index in [0.717, 1.165) is 0 Å². The standard InChI is InChI=1S/C5H2ClN5O4/c6-1-2-7-4(9-14-2)3-5(11(12)13)10-15-8-3/h1H2. The summed E-state index contributed by atoms with van der Waals surface area (Å²) in [7, 11) is 0. The Morgan fingerprint density at radius 1 is 1.40 bits per heavy atom. The van der Waals surface area contributed by atoms with Gasteiger partial charge in [0.05, 0.1) is 0 Å². The third kappa shape index (κ3) is 1.64. The molecule has 0 bridgehead atoms. The maximum absolute atomic E-state index is 10.5. The Morgan fingerprint density at radius 2 is 2.20 bits per heavy atom. The van der Waals surface area contributed by atoms with E-state index < -0.39 is 10.7 Å². The minimum absolute atomic E-state index is 0.00603. The highest BCUT2D eigenvalue weighted by atomic mass is 35.5. The molecule has 0 fully saturated rings. The molecule has 2 aromatic rings. The Kier molecular flexibility index (Phi) is 2.29. The zero-order chi connectivity index (χ0) is 10.8. The Morgan fingerprint density at radius 3 is 2.80 bits per heavy atom. The summed E-state index contributed by atoms with van der Waals surface area (Å²) in [4.78, 5) is 13.4. The smallest absolute Gasteiger partial charge is 0.358 e. The van der Waals surface area contributed by atoms with Crippen LogP contribution in [-0.2, 0) is 5.88 Å². The van der Waals surface area contributed by atoms with Gasteiger partial charge in [0.1, 0.15) is 5.88 Å². The van der Waals surface area contributed by atoms with Crippen molar-refractivity contribution in [3.8, 4) is 11.5 Å². The number of aromatic nitrogens is 4. The Bertz CT molecular complexity index is 493. The molecule has 10 heteroatoms. The number of hydrogen-bond acceptors (Lipinski definition) is 8. The summed E-state index contributed by atoms with van der Waals surface area (Å²) in [5.41, 5.74) is -0.194. The molecule has 0 amide bonds. The summed E-state index contributed by atoms with van der Waals surface area (Å²) >= 11 is 5.41. The highest BCUT2D eigenvalue weighted by Gasteiger charge is 2.27. The molecule has 0 aliphatic rings. The molecule has 0 atom stereocenters. The number of rotatable bonds is 3. The van der Waals surface area contributed by atoms with E-state index in [1.807, 2.05) is 0 Å². The van der Waals surface area contributed by atoms with Crippen LogP contribution in [0.25, 0.3) is 11.5 Å². The highest BCUT2D eigenvalue weighted by Crippen LogP contribution is 2.23. The molecule has 9 nitrogen and oxygen atoms in total. The van der Waals surface area contributed by atoms with Crippen molar-refractivity contribution in [1.29, 1.82) is 0 Å². The Balaban J connectivity index is 2.44. The van der Waals surface area contributed by atoms with Crippen molar-refractivity contribution in [2.75, 3.05) is 0 Å². The van der Waals surface area contributed by atoms with E-state index in [1.54, 1.807) is 0 Å². The summed E-state index contributed by atoms with van der Waals surface area (Å²) in [6, 6.07) is 0. The van der Waals surface area contributed by atoms with Crippen molar-refractivity contribution < 1.29 is 14.1 Å². The van der Waals surface area contributed by atoms with Crippen LogP contribution < -0.4 is 0 Å². The van der Waals surface area contributed by atoms with Crippen LogP contribution in [0.15, 0.2) is 9.15 Å². The maximum atomic E-state index is 10.5. The maximum Gasteiger partial charge on any atom is 0.446 e. The van der Waals surface area contributed by atoms with Crippen molar-refractivity contribution in [3.05, 3.63) is 16.0 Å². The quantitative estimate of drug-likeness (QED) is 0.431. The van der Waals surface area contributed by atoms with Crippen molar-refractivity contribution in [3.63, 3.8) is 0 Å². The fraction of sp³-hybridized carbons (Fsp3) is 0.200. The van der Waals surface area contributed by atoms with Gasteiger partial charge in [-0.1, -0.05) is 5.16 Å². The molecule has 2 heterocycles. The largest absolute Gasteiger partial charge is 0.446 e. The normalized spacial score (nSPS) is 10.5. The van der Waals surface area contributed by atoms with Crippen molar-refractivity contribution >= 4 is 17.4 Å².